The number of aldehydes is 3. The van der Waals surface area contributed by atoms with Crippen LogP contribution in [-0.4, -0.2) is 53.4 Å². The van der Waals surface area contributed by atoms with Crippen LogP contribution in [-0.2, 0) is 29.2 Å². The molecular formula is C30H35NO11S. The number of nitrogens with one attached hydrogen (secondary N) is 1. The third kappa shape index (κ3) is 11.9. The Balaban J connectivity index is 0.000000213. The van der Waals surface area contributed by atoms with Crippen molar-refractivity contribution in [3.05, 3.63) is 94.6 Å². The van der Waals surface area contributed by atoms with Crippen molar-refractivity contribution in [3.63, 3.8) is 0 Å². The van der Waals surface area contributed by atoms with Crippen molar-refractivity contribution in [2.24, 2.45) is 0 Å². The van der Waals surface area contributed by atoms with Gasteiger partial charge in [0.15, 0.2) is 36.1 Å². The monoisotopic (exact) mass is 617 g/mol. The Kier molecular flexibility index (Phi) is 15.6. The van der Waals surface area contributed by atoms with E-state index < -0.39 is 0 Å². The summed E-state index contributed by atoms with van der Waals surface area (Å²) in [6.07, 6.45) is 2.83. The maximum Gasteiger partial charge on any atom is 0.324 e. The summed E-state index contributed by atoms with van der Waals surface area (Å²) in [5, 5.41) is 20.4. The van der Waals surface area contributed by atoms with Crippen molar-refractivity contribution in [1.82, 2.24) is 5.32 Å². The normalized spacial score (nSPS) is 15.1. The van der Waals surface area contributed by atoms with E-state index >= 15 is 0 Å². The predicted molar refractivity (Wildman–Crippen MR) is 156 cm³/mol. The average Bonchev–Trinajstić information content (AvgIpc) is 3.87. The number of aryl methyl sites for hydroxylation is 2. The fraction of sp³-hybridized carbons (Fsp3) is 0.333. The molecule has 0 aromatic carbocycles. The average molecular weight is 618 g/mol. The lowest BCUT2D eigenvalue weighted by Crippen LogP contribution is -2.35. The van der Waals surface area contributed by atoms with Crippen LogP contribution in [0.3, 0.4) is 0 Å². The highest BCUT2D eigenvalue weighted by atomic mass is 32.2. The van der Waals surface area contributed by atoms with Crippen LogP contribution in [0.5, 0.6) is 0 Å². The third-order valence-electron chi connectivity index (χ3n) is 5.43. The van der Waals surface area contributed by atoms with Gasteiger partial charge in [-0.3, -0.25) is 24.5 Å². The number of aliphatic hydroxyl groups is 2. The van der Waals surface area contributed by atoms with Gasteiger partial charge in [0.05, 0.1) is 6.61 Å². The largest absolute Gasteiger partial charge is 0.465 e. The van der Waals surface area contributed by atoms with Gasteiger partial charge in [-0.1, -0.05) is 6.92 Å². The van der Waals surface area contributed by atoms with E-state index in [1.54, 1.807) is 55.9 Å². The molecule has 1 aliphatic rings. The minimum absolute atomic E-state index is 0.0512. The van der Waals surface area contributed by atoms with E-state index in [-0.39, 0.29) is 36.4 Å². The molecule has 0 aliphatic carbocycles. The lowest BCUT2D eigenvalue weighted by atomic mass is 10.3. The SMILES string of the molecule is CCOC(=O)C1CSC(c2ccc(CO)o2)N1.CCc1ccc(C=O)o1.Cc1ccc(C=O)o1.O=Cc1ccc(CO)o1. The Labute approximate surface area is 252 Å². The van der Waals surface area contributed by atoms with Gasteiger partial charge in [-0.25, -0.2) is 0 Å². The summed E-state index contributed by atoms with van der Waals surface area (Å²) in [7, 11) is 0. The third-order valence-corrected chi connectivity index (χ3v) is 6.66. The minimum Gasteiger partial charge on any atom is -0.465 e. The van der Waals surface area contributed by atoms with Crippen molar-refractivity contribution in [3.8, 4) is 0 Å². The molecule has 4 aromatic rings. The van der Waals surface area contributed by atoms with Crippen molar-refractivity contribution in [2.45, 2.75) is 51.8 Å². The number of rotatable bonds is 9. The van der Waals surface area contributed by atoms with Gasteiger partial charge in [-0.05, 0) is 62.4 Å². The van der Waals surface area contributed by atoms with Crippen LogP contribution < -0.4 is 5.32 Å². The standard InChI is InChI=1S/C11H15NO4S.C7H8O2.C6H6O3.C6H6O2/c1-2-15-11(14)8-6-17-10(12-8)9-4-3-7(5-13)16-9;1-2-6-3-4-7(5-8)9-6;7-3-5-1-2-6(4-8)9-5;1-5-2-3-6(4-7)8-5/h3-4,8,10,12-13H,2,5-6H2,1H3;3-5H,2H2,1H3;1-3,8H,4H2;2-4H,1H3. The molecule has 232 valence electrons. The van der Waals surface area contributed by atoms with Crippen molar-refractivity contribution >= 4 is 36.6 Å². The summed E-state index contributed by atoms with van der Waals surface area (Å²) in [6, 6.07) is 13.2. The van der Waals surface area contributed by atoms with Crippen LogP contribution in [0.4, 0.5) is 0 Å². The van der Waals surface area contributed by atoms with E-state index in [1.165, 1.54) is 6.07 Å². The molecule has 3 N–H and O–H groups in total. The van der Waals surface area contributed by atoms with E-state index in [0.29, 0.717) is 54.3 Å². The first-order valence-corrected chi connectivity index (χ1v) is 14.3. The van der Waals surface area contributed by atoms with Crippen LogP contribution in [0.15, 0.2) is 66.2 Å². The number of aliphatic hydroxyl groups excluding tert-OH is 2. The molecule has 1 saturated heterocycles. The fourth-order valence-corrected chi connectivity index (χ4v) is 4.51. The van der Waals surface area contributed by atoms with Gasteiger partial charge in [0.1, 0.15) is 53.4 Å². The molecule has 1 aliphatic heterocycles. The summed E-state index contributed by atoms with van der Waals surface area (Å²) in [4.78, 5) is 41.4. The van der Waals surface area contributed by atoms with Gasteiger partial charge in [0.2, 0.25) is 0 Å². The molecule has 0 spiro atoms. The molecule has 5 rings (SSSR count). The number of thioether (sulfide) groups is 1. The number of hydrogen-bond acceptors (Lipinski definition) is 13. The lowest BCUT2D eigenvalue weighted by molar-refractivity contribution is -0.144. The van der Waals surface area contributed by atoms with Crippen LogP contribution in [0, 0.1) is 6.92 Å². The van der Waals surface area contributed by atoms with Gasteiger partial charge < -0.3 is 32.6 Å². The predicted octanol–water partition coefficient (Wildman–Crippen LogP) is 4.68. The fourth-order valence-electron chi connectivity index (χ4n) is 3.34. The zero-order valence-corrected chi connectivity index (χ0v) is 24.8. The van der Waals surface area contributed by atoms with E-state index in [4.69, 9.17) is 32.6 Å². The number of ether oxygens (including phenoxy) is 1. The first kappa shape index (κ1) is 35.0. The first-order chi connectivity index (χ1) is 20.8. The van der Waals surface area contributed by atoms with E-state index in [9.17, 15) is 19.2 Å². The molecule has 0 bridgehead atoms. The Morgan fingerprint density at radius 3 is 1.79 bits per heavy atom. The summed E-state index contributed by atoms with van der Waals surface area (Å²) < 4.78 is 25.0. The molecule has 43 heavy (non-hydrogen) atoms. The van der Waals surface area contributed by atoms with Crippen LogP contribution >= 0.6 is 11.8 Å². The molecule has 0 amide bonds. The first-order valence-electron chi connectivity index (χ1n) is 13.2. The van der Waals surface area contributed by atoms with E-state index in [0.717, 1.165) is 23.7 Å². The molecule has 4 aromatic heterocycles. The summed E-state index contributed by atoms with van der Waals surface area (Å²) in [6.45, 7) is 5.69. The van der Waals surface area contributed by atoms with E-state index in [2.05, 4.69) is 5.32 Å². The molecule has 0 radical (unpaired) electrons. The summed E-state index contributed by atoms with van der Waals surface area (Å²) in [5.41, 5.74) is 0. The maximum atomic E-state index is 11.5. The Bertz CT molecular complexity index is 1350. The molecule has 0 saturated carbocycles. The summed E-state index contributed by atoms with van der Waals surface area (Å²) >= 11 is 1.59. The van der Waals surface area contributed by atoms with Crippen LogP contribution in [0.25, 0.3) is 0 Å². The van der Waals surface area contributed by atoms with Crippen molar-refractivity contribution < 1.29 is 51.8 Å². The molecule has 2 unspecified atom stereocenters. The van der Waals surface area contributed by atoms with Crippen molar-refractivity contribution in [2.75, 3.05) is 12.4 Å². The topological polar surface area (TPSA) is 183 Å². The van der Waals surface area contributed by atoms with Crippen molar-refractivity contribution in [1.29, 1.82) is 0 Å². The molecular weight excluding hydrogens is 582 g/mol. The second kappa shape index (κ2) is 19.1. The number of esters is 1. The second-order valence-electron chi connectivity index (χ2n) is 8.57. The number of carbonyl (C=O) groups excluding carboxylic acids is 4. The van der Waals surface area contributed by atoms with Gasteiger partial charge in [0, 0.05) is 12.2 Å². The maximum absolute atomic E-state index is 11.5. The van der Waals surface area contributed by atoms with Gasteiger partial charge in [0.25, 0.3) is 0 Å². The highest BCUT2D eigenvalue weighted by Gasteiger charge is 2.33. The summed E-state index contributed by atoms with van der Waals surface area (Å²) in [5.74, 6) is 4.79. The van der Waals surface area contributed by atoms with Crippen LogP contribution in [0.1, 0.15) is 79.7 Å². The minimum atomic E-state index is -0.285. The highest BCUT2D eigenvalue weighted by Crippen LogP contribution is 2.34. The molecule has 5 heterocycles. The molecule has 12 nitrogen and oxygen atoms in total. The second-order valence-corrected chi connectivity index (χ2v) is 9.71. The number of hydrogen-bond donors (Lipinski definition) is 3. The zero-order chi connectivity index (χ0) is 31.6. The quantitative estimate of drug-likeness (QED) is 0.174. The zero-order valence-electron chi connectivity index (χ0n) is 24.0. The molecule has 13 heteroatoms. The number of furan rings is 4. The van der Waals surface area contributed by atoms with Gasteiger partial charge >= 0.3 is 5.97 Å². The lowest BCUT2D eigenvalue weighted by Gasteiger charge is -2.10. The molecule has 2 atom stereocenters. The van der Waals surface area contributed by atoms with Gasteiger partial charge in [-0.2, -0.15) is 0 Å². The Hall–Kier alpha value is -4.17. The Morgan fingerprint density at radius 1 is 0.837 bits per heavy atom. The smallest absolute Gasteiger partial charge is 0.324 e. The van der Waals surface area contributed by atoms with Crippen LogP contribution in [0.2, 0.25) is 0 Å². The van der Waals surface area contributed by atoms with Gasteiger partial charge in [-0.15, -0.1) is 11.8 Å². The number of carbonyl (C=O) groups is 4. The molecule has 1 fully saturated rings. The van der Waals surface area contributed by atoms with E-state index in [1.807, 2.05) is 19.1 Å². The Morgan fingerprint density at radius 2 is 1.37 bits per heavy atom. The highest BCUT2D eigenvalue weighted by molar-refractivity contribution is 7.99.